The number of carbonyl (C=O) groups is 2. The van der Waals surface area contributed by atoms with Gasteiger partial charge in [0.1, 0.15) is 12.9 Å². The van der Waals surface area contributed by atoms with Gasteiger partial charge < -0.3 is 9.53 Å². The molecule has 0 aliphatic rings. The first-order valence-electron chi connectivity index (χ1n) is 6.13. The van der Waals surface area contributed by atoms with Crippen LogP contribution in [0.15, 0.2) is 24.3 Å². The minimum absolute atomic E-state index is 0.154. The molecule has 0 bridgehead atoms. The maximum Gasteiger partial charge on any atom is 0.389 e. The van der Waals surface area contributed by atoms with Gasteiger partial charge in [-0.1, -0.05) is 19.1 Å². The molecule has 0 N–H and O–H groups in total. The first kappa shape index (κ1) is 16.2. The summed E-state index contributed by atoms with van der Waals surface area (Å²) >= 11 is 0. The summed E-state index contributed by atoms with van der Waals surface area (Å²) in [6.45, 7) is 1.39. The fraction of sp³-hybridized carbons (Fsp3) is 0.429. The molecule has 0 aliphatic heterocycles. The van der Waals surface area contributed by atoms with E-state index in [1.54, 1.807) is 24.3 Å². The van der Waals surface area contributed by atoms with Crippen LogP contribution in [-0.2, 0) is 16.0 Å². The molecule has 0 fully saturated rings. The number of esters is 1. The molecule has 1 aromatic rings. The highest BCUT2D eigenvalue weighted by atomic mass is 19.4. The average Bonchev–Trinajstić information content (AvgIpc) is 2.42. The molecular weight excluding hydrogens is 273 g/mol. The third-order valence-electron chi connectivity index (χ3n) is 2.71. The molecule has 0 aliphatic carbocycles. The van der Waals surface area contributed by atoms with E-state index in [1.165, 1.54) is 0 Å². The summed E-state index contributed by atoms with van der Waals surface area (Å²) in [5.74, 6) is -2.10. The molecule has 110 valence electrons. The zero-order valence-electron chi connectivity index (χ0n) is 10.9. The second-order valence-electron chi connectivity index (χ2n) is 4.36. The van der Waals surface area contributed by atoms with Crippen molar-refractivity contribution in [3.63, 3.8) is 0 Å². The van der Waals surface area contributed by atoms with Gasteiger partial charge in [-0.2, -0.15) is 13.2 Å². The fourth-order valence-electron chi connectivity index (χ4n) is 1.59. The van der Waals surface area contributed by atoms with Gasteiger partial charge in [-0.25, -0.2) is 4.79 Å². The molecule has 0 saturated heterocycles. The Morgan fingerprint density at radius 1 is 1.30 bits per heavy atom. The summed E-state index contributed by atoms with van der Waals surface area (Å²) in [5.41, 5.74) is 1.28. The minimum atomic E-state index is -4.46. The van der Waals surface area contributed by atoms with Gasteiger partial charge in [0, 0.05) is 0 Å². The molecule has 6 heteroatoms. The number of carbonyl (C=O) groups excluding carboxylic acids is 2. The molecule has 0 heterocycles. The lowest BCUT2D eigenvalue weighted by atomic mass is 10.1. The van der Waals surface area contributed by atoms with E-state index in [9.17, 15) is 22.8 Å². The number of alkyl halides is 3. The second kappa shape index (κ2) is 7.07. The molecule has 1 atom stereocenters. The fourth-order valence-corrected chi connectivity index (χ4v) is 1.59. The van der Waals surface area contributed by atoms with Gasteiger partial charge in [0.05, 0.1) is 17.9 Å². The Morgan fingerprint density at radius 2 is 1.90 bits per heavy atom. The third kappa shape index (κ3) is 5.42. The predicted molar refractivity (Wildman–Crippen MR) is 66.3 cm³/mol. The van der Waals surface area contributed by atoms with Crippen molar-refractivity contribution in [3.8, 4) is 0 Å². The van der Waals surface area contributed by atoms with Crippen LogP contribution in [0.4, 0.5) is 13.2 Å². The summed E-state index contributed by atoms with van der Waals surface area (Å²) in [4.78, 5) is 22.1. The summed E-state index contributed by atoms with van der Waals surface area (Å²) in [7, 11) is 0. The van der Waals surface area contributed by atoms with Gasteiger partial charge in [0.2, 0.25) is 0 Å². The molecule has 20 heavy (non-hydrogen) atoms. The highest BCUT2D eigenvalue weighted by Gasteiger charge is 2.32. The van der Waals surface area contributed by atoms with Crippen molar-refractivity contribution in [3.05, 3.63) is 35.4 Å². The van der Waals surface area contributed by atoms with Crippen LogP contribution in [0.1, 0.15) is 29.3 Å². The van der Waals surface area contributed by atoms with Crippen molar-refractivity contribution in [1.29, 1.82) is 0 Å². The zero-order chi connectivity index (χ0) is 15.2. The Balaban J connectivity index is 2.54. The van der Waals surface area contributed by atoms with Crippen LogP contribution in [0.2, 0.25) is 0 Å². The number of rotatable bonds is 6. The first-order valence-corrected chi connectivity index (χ1v) is 6.13. The minimum Gasteiger partial charge on any atom is -0.461 e. The SMILES string of the molecule is CCc1ccc(C(=O)OCC(C=O)CC(F)(F)F)cc1. The van der Waals surface area contributed by atoms with Gasteiger partial charge in [-0.3, -0.25) is 0 Å². The van der Waals surface area contributed by atoms with E-state index in [1.807, 2.05) is 6.92 Å². The number of benzene rings is 1. The van der Waals surface area contributed by atoms with Crippen LogP contribution < -0.4 is 0 Å². The molecule has 1 aromatic carbocycles. The van der Waals surface area contributed by atoms with E-state index in [4.69, 9.17) is 4.74 Å². The third-order valence-corrected chi connectivity index (χ3v) is 2.71. The number of aldehydes is 1. The molecule has 0 spiro atoms. The average molecular weight is 288 g/mol. The normalized spacial score (nSPS) is 12.8. The van der Waals surface area contributed by atoms with Gasteiger partial charge in [-0.05, 0) is 24.1 Å². The Morgan fingerprint density at radius 3 is 2.35 bits per heavy atom. The lowest BCUT2D eigenvalue weighted by Crippen LogP contribution is -2.22. The zero-order valence-corrected chi connectivity index (χ0v) is 10.9. The topological polar surface area (TPSA) is 43.4 Å². The standard InChI is InChI=1S/C14H15F3O3/c1-2-10-3-5-12(6-4-10)13(19)20-9-11(8-18)7-14(15,16)17/h3-6,8,11H,2,7,9H2,1H3. The lowest BCUT2D eigenvalue weighted by Gasteiger charge is -2.13. The number of hydrogen-bond donors (Lipinski definition) is 0. The predicted octanol–water partition coefficient (Wildman–Crippen LogP) is 3.17. The number of halogens is 3. The maximum atomic E-state index is 12.1. The summed E-state index contributed by atoms with van der Waals surface area (Å²) in [6.07, 6.45) is -4.78. The van der Waals surface area contributed by atoms with Crippen molar-refractivity contribution in [2.24, 2.45) is 5.92 Å². The van der Waals surface area contributed by atoms with E-state index in [2.05, 4.69) is 0 Å². The second-order valence-corrected chi connectivity index (χ2v) is 4.36. The van der Waals surface area contributed by atoms with Gasteiger partial charge in [0.25, 0.3) is 0 Å². The lowest BCUT2D eigenvalue weighted by molar-refractivity contribution is -0.151. The molecule has 0 radical (unpaired) electrons. The Labute approximate surface area is 114 Å². The highest BCUT2D eigenvalue weighted by Crippen LogP contribution is 2.24. The van der Waals surface area contributed by atoms with Crippen LogP contribution in [0.5, 0.6) is 0 Å². The van der Waals surface area contributed by atoms with E-state index < -0.39 is 31.1 Å². The van der Waals surface area contributed by atoms with Gasteiger partial charge in [0.15, 0.2) is 0 Å². The summed E-state index contributed by atoms with van der Waals surface area (Å²) in [5, 5.41) is 0. The summed E-state index contributed by atoms with van der Waals surface area (Å²) < 4.78 is 41.1. The van der Waals surface area contributed by atoms with Crippen LogP contribution in [0.25, 0.3) is 0 Å². The Bertz CT molecular complexity index is 452. The van der Waals surface area contributed by atoms with Crippen molar-refractivity contribution in [1.82, 2.24) is 0 Å². The van der Waals surface area contributed by atoms with E-state index >= 15 is 0 Å². The number of aryl methyl sites for hydroxylation is 1. The van der Waals surface area contributed by atoms with Crippen molar-refractivity contribution in [2.45, 2.75) is 25.9 Å². The van der Waals surface area contributed by atoms with Crippen molar-refractivity contribution in [2.75, 3.05) is 6.61 Å². The number of ether oxygens (including phenoxy) is 1. The van der Waals surface area contributed by atoms with Gasteiger partial charge in [-0.15, -0.1) is 0 Å². The van der Waals surface area contributed by atoms with E-state index in [-0.39, 0.29) is 11.8 Å². The van der Waals surface area contributed by atoms with Crippen molar-refractivity contribution >= 4 is 12.3 Å². The molecule has 0 saturated carbocycles. The van der Waals surface area contributed by atoms with Crippen molar-refractivity contribution < 1.29 is 27.5 Å². The largest absolute Gasteiger partial charge is 0.461 e. The molecule has 1 rings (SSSR count). The Hall–Kier alpha value is -1.85. The first-order chi connectivity index (χ1) is 9.35. The van der Waals surface area contributed by atoms with Crippen LogP contribution in [0.3, 0.4) is 0 Å². The molecular formula is C14H15F3O3. The quantitative estimate of drug-likeness (QED) is 0.596. The van der Waals surface area contributed by atoms with Crippen LogP contribution in [0, 0.1) is 5.92 Å². The Kier molecular flexibility index (Phi) is 5.73. The van der Waals surface area contributed by atoms with E-state index in [0.717, 1.165) is 12.0 Å². The van der Waals surface area contributed by atoms with Crippen LogP contribution in [-0.4, -0.2) is 25.0 Å². The van der Waals surface area contributed by atoms with Gasteiger partial charge >= 0.3 is 12.1 Å². The molecule has 0 amide bonds. The molecule has 0 aromatic heterocycles. The molecule has 3 nitrogen and oxygen atoms in total. The smallest absolute Gasteiger partial charge is 0.389 e. The highest BCUT2D eigenvalue weighted by molar-refractivity contribution is 5.89. The maximum absolute atomic E-state index is 12.1. The van der Waals surface area contributed by atoms with E-state index in [0.29, 0.717) is 0 Å². The number of hydrogen-bond acceptors (Lipinski definition) is 3. The monoisotopic (exact) mass is 288 g/mol. The van der Waals surface area contributed by atoms with Crippen LogP contribution >= 0.6 is 0 Å². The molecule has 1 unspecified atom stereocenters. The summed E-state index contributed by atoms with van der Waals surface area (Å²) in [6, 6.07) is 6.56.